The number of hydrogen-bond acceptors (Lipinski definition) is 6. The van der Waals surface area contributed by atoms with E-state index >= 15 is 0 Å². The van der Waals surface area contributed by atoms with Crippen molar-refractivity contribution in [3.05, 3.63) is 23.3 Å². The van der Waals surface area contributed by atoms with Crippen LogP contribution < -0.4 is 9.47 Å². The van der Waals surface area contributed by atoms with E-state index in [0.29, 0.717) is 30.7 Å². The Labute approximate surface area is 244 Å². The monoisotopic (exact) mass is 562 g/mol. The first kappa shape index (κ1) is 35.9. The standard InChI is InChI=1S/C23H35NO3.C8H19N.C2H4O2/c1-5-7-17-11-18(13-21-22(17)27-16-26-21)19-12-20(24(15-19)9-10-25)14-23(3,4)8-6-2;1-4-6-8-9(3)7-5-2;1-2(3)4/h10-11,13,19-20H,5-9,12,14-16H2,1-4H3;4-8H2,1-3H3;1H3,(H,3,4)/t19?,20-;;/m1../s1. The van der Waals surface area contributed by atoms with Crippen molar-refractivity contribution < 1.29 is 24.2 Å². The molecule has 2 aliphatic rings. The van der Waals surface area contributed by atoms with E-state index in [-0.39, 0.29) is 0 Å². The molecule has 0 radical (unpaired) electrons. The number of likely N-dealkylation sites (tertiary alicyclic amines) is 1. The molecule has 1 saturated heterocycles. The molecule has 7 nitrogen and oxygen atoms in total. The number of fused-ring (bicyclic) bond motifs is 1. The highest BCUT2D eigenvalue weighted by Crippen LogP contribution is 2.43. The molecule has 2 aliphatic heterocycles. The molecule has 0 amide bonds. The summed E-state index contributed by atoms with van der Waals surface area (Å²) < 4.78 is 11.4. The molecule has 1 N–H and O–H groups in total. The fourth-order valence-corrected chi connectivity index (χ4v) is 5.89. The lowest BCUT2D eigenvalue weighted by molar-refractivity contribution is -0.134. The predicted molar refractivity (Wildman–Crippen MR) is 165 cm³/mol. The van der Waals surface area contributed by atoms with Crippen molar-refractivity contribution >= 4 is 12.3 Å². The van der Waals surface area contributed by atoms with Gasteiger partial charge in [0.25, 0.3) is 5.97 Å². The van der Waals surface area contributed by atoms with Crippen LogP contribution in [0.3, 0.4) is 0 Å². The van der Waals surface area contributed by atoms with E-state index in [1.165, 1.54) is 56.3 Å². The second-order valence-corrected chi connectivity index (χ2v) is 12.2. The van der Waals surface area contributed by atoms with Gasteiger partial charge in [0.05, 0.1) is 6.54 Å². The number of aldehydes is 1. The Morgan fingerprint density at radius 3 is 2.38 bits per heavy atom. The normalized spacial score (nSPS) is 18.1. The number of carbonyl (C=O) groups is 2. The molecule has 1 aromatic rings. The largest absolute Gasteiger partial charge is 0.481 e. The van der Waals surface area contributed by atoms with Gasteiger partial charge in [-0.15, -0.1) is 0 Å². The Hall–Kier alpha value is -2.12. The van der Waals surface area contributed by atoms with E-state index in [2.05, 4.69) is 70.5 Å². The molecule has 0 saturated carbocycles. The van der Waals surface area contributed by atoms with Gasteiger partial charge in [0.2, 0.25) is 6.79 Å². The Morgan fingerprint density at radius 2 is 1.80 bits per heavy atom. The van der Waals surface area contributed by atoms with Crippen molar-refractivity contribution in [3.8, 4) is 11.5 Å². The number of aryl methyl sites for hydroxylation is 1. The zero-order valence-corrected chi connectivity index (χ0v) is 26.8. The third-order valence-electron chi connectivity index (χ3n) is 7.61. The highest BCUT2D eigenvalue weighted by atomic mass is 16.7. The molecule has 7 heteroatoms. The number of unbranched alkanes of at least 4 members (excludes halogenated alkanes) is 1. The molecule has 0 spiro atoms. The van der Waals surface area contributed by atoms with Gasteiger partial charge in [-0.3, -0.25) is 9.69 Å². The maximum atomic E-state index is 11.3. The van der Waals surface area contributed by atoms with E-state index in [4.69, 9.17) is 19.4 Å². The third-order valence-corrected chi connectivity index (χ3v) is 7.61. The number of aliphatic carboxylic acids is 1. The van der Waals surface area contributed by atoms with Crippen LogP contribution in [-0.4, -0.2) is 73.2 Å². The minimum Gasteiger partial charge on any atom is -0.481 e. The molecule has 230 valence electrons. The molecule has 2 atom stereocenters. The van der Waals surface area contributed by atoms with E-state index in [9.17, 15) is 4.79 Å². The van der Waals surface area contributed by atoms with Crippen LogP contribution in [0.15, 0.2) is 12.1 Å². The average Bonchev–Trinajstić information content (AvgIpc) is 3.50. The van der Waals surface area contributed by atoms with Crippen molar-refractivity contribution in [1.82, 2.24) is 9.80 Å². The van der Waals surface area contributed by atoms with Crippen LogP contribution >= 0.6 is 0 Å². The SMILES string of the molecule is CC(=O)O.CCCCN(C)CCC.CCCc1cc(C2C[C@H](CC(C)(C)CCC)N(CC=O)C2)cc2c1OCO2. The van der Waals surface area contributed by atoms with Gasteiger partial charge >= 0.3 is 0 Å². The lowest BCUT2D eigenvalue weighted by atomic mass is 9.80. The van der Waals surface area contributed by atoms with Crippen molar-refractivity contribution in [3.63, 3.8) is 0 Å². The number of rotatable bonds is 14. The first-order valence-electron chi connectivity index (χ1n) is 15.5. The van der Waals surface area contributed by atoms with Crippen LogP contribution in [0.5, 0.6) is 11.5 Å². The fraction of sp³-hybridized carbons (Fsp3) is 0.758. The van der Waals surface area contributed by atoms with Gasteiger partial charge in [-0.05, 0) is 87.2 Å². The molecule has 0 bridgehead atoms. The number of carboxylic acids is 1. The quantitative estimate of drug-likeness (QED) is 0.241. The van der Waals surface area contributed by atoms with Crippen LogP contribution in [0, 0.1) is 5.41 Å². The summed E-state index contributed by atoms with van der Waals surface area (Å²) in [6, 6.07) is 4.97. The van der Waals surface area contributed by atoms with Gasteiger partial charge < -0.3 is 24.3 Å². The smallest absolute Gasteiger partial charge is 0.300 e. The predicted octanol–water partition coefficient (Wildman–Crippen LogP) is 7.16. The fourth-order valence-electron chi connectivity index (χ4n) is 5.89. The Morgan fingerprint density at radius 1 is 1.10 bits per heavy atom. The second kappa shape index (κ2) is 19.1. The summed E-state index contributed by atoms with van der Waals surface area (Å²) in [7, 11) is 2.19. The van der Waals surface area contributed by atoms with Crippen molar-refractivity contribution in [2.24, 2.45) is 5.41 Å². The third kappa shape index (κ3) is 13.0. The number of benzene rings is 1. The number of hydrogen-bond donors (Lipinski definition) is 1. The van der Waals surface area contributed by atoms with Crippen LogP contribution in [0.1, 0.15) is 117 Å². The first-order chi connectivity index (χ1) is 19.0. The highest BCUT2D eigenvalue weighted by Gasteiger charge is 2.36. The Kier molecular flexibility index (Phi) is 17.1. The van der Waals surface area contributed by atoms with E-state index in [0.717, 1.165) is 56.9 Å². The summed E-state index contributed by atoms with van der Waals surface area (Å²) in [5.74, 6) is 1.45. The number of ether oxygens (including phenoxy) is 2. The summed E-state index contributed by atoms with van der Waals surface area (Å²) in [4.78, 5) is 25.0. The maximum Gasteiger partial charge on any atom is 0.300 e. The number of carbonyl (C=O) groups excluding carboxylic acids is 1. The molecule has 1 aromatic carbocycles. The van der Waals surface area contributed by atoms with Crippen molar-refractivity contribution in [2.45, 2.75) is 118 Å². The molecule has 3 rings (SSSR count). The summed E-state index contributed by atoms with van der Waals surface area (Å²) in [5, 5.41) is 7.42. The van der Waals surface area contributed by atoms with E-state index < -0.39 is 5.97 Å². The van der Waals surface area contributed by atoms with Crippen LogP contribution in [-0.2, 0) is 16.0 Å². The van der Waals surface area contributed by atoms with Gasteiger partial charge in [0.15, 0.2) is 11.5 Å². The minimum absolute atomic E-state index is 0.317. The summed E-state index contributed by atoms with van der Waals surface area (Å²) in [6.07, 6.45) is 11.8. The Bertz CT molecular complexity index is 869. The van der Waals surface area contributed by atoms with Gasteiger partial charge in [0, 0.05) is 19.5 Å². The first-order valence-corrected chi connectivity index (χ1v) is 15.5. The highest BCUT2D eigenvalue weighted by molar-refractivity contribution is 5.63. The lowest BCUT2D eigenvalue weighted by Gasteiger charge is -2.31. The van der Waals surface area contributed by atoms with E-state index in [1.807, 2.05) is 0 Å². The zero-order valence-electron chi connectivity index (χ0n) is 26.8. The molecule has 40 heavy (non-hydrogen) atoms. The molecule has 0 aromatic heterocycles. The lowest BCUT2D eigenvalue weighted by Crippen LogP contribution is -2.34. The summed E-state index contributed by atoms with van der Waals surface area (Å²) >= 11 is 0. The van der Waals surface area contributed by atoms with Crippen LogP contribution in [0.4, 0.5) is 0 Å². The van der Waals surface area contributed by atoms with Gasteiger partial charge in [-0.2, -0.15) is 0 Å². The van der Waals surface area contributed by atoms with Crippen molar-refractivity contribution in [2.75, 3.05) is 40.0 Å². The molecule has 1 fully saturated rings. The minimum atomic E-state index is -0.833. The van der Waals surface area contributed by atoms with Crippen LogP contribution in [0.2, 0.25) is 0 Å². The molecular weight excluding hydrogens is 504 g/mol. The molecular formula is C33H58N2O5. The average molecular weight is 563 g/mol. The van der Waals surface area contributed by atoms with Crippen LogP contribution in [0.25, 0.3) is 0 Å². The second-order valence-electron chi connectivity index (χ2n) is 12.2. The summed E-state index contributed by atoms with van der Waals surface area (Å²) in [6.45, 7) is 19.1. The maximum absolute atomic E-state index is 11.3. The number of carboxylic acid groups (broad SMARTS) is 1. The topological polar surface area (TPSA) is 79.3 Å². The van der Waals surface area contributed by atoms with Crippen molar-refractivity contribution in [1.29, 1.82) is 0 Å². The number of nitrogens with zero attached hydrogens (tertiary/aromatic N) is 2. The van der Waals surface area contributed by atoms with Gasteiger partial charge in [-0.25, -0.2) is 0 Å². The molecule has 0 aliphatic carbocycles. The Balaban J connectivity index is 0.000000514. The molecule has 2 heterocycles. The molecule has 1 unspecified atom stereocenters. The zero-order chi connectivity index (χ0) is 30.1. The van der Waals surface area contributed by atoms with Gasteiger partial charge in [-0.1, -0.05) is 66.9 Å². The van der Waals surface area contributed by atoms with E-state index in [1.54, 1.807) is 0 Å². The van der Waals surface area contributed by atoms with Gasteiger partial charge in [0.1, 0.15) is 6.29 Å². The summed E-state index contributed by atoms with van der Waals surface area (Å²) in [5.41, 5.74) is 2.92.